The van der Waals surface area contributed by atoms with Gasteiger partial charge in [0.05, 0.1) is 12.3 Å². The number of amides is 1. The Hall–Kier alpha value is -1.75. The molecule has 0 saturated carbocycles. The van der Waals surface area contributed by atoms with Gasteiger partial charge in [-0.15, -0.1) is 0 Å². The summed E-state index contributed by atoms with van der Waals surface area (Å²) in [5, 5.41) is 11.1. The molecule has 1 amide bonds. The van der Waals surface area contributed by atoms with Crippen molar-refractivity contribution in [3.63, 3.8) is 0 Å². The van der Waals surface area contributed by atoms with Gasteiger partial charge in [-0.25, -0.2) is 0 Å². The molecule has 16 heavy (non-hydrogen) atoms. The number of aliphatic hydroxyl groups is 1. The number of nitrogen functional groups attached to an aromatic ring is 1. The Balaban J connectivity index is 2.71. The van der Waals surface area contributed by atoms with Crippen molar-refractivity contribution in [2.75, 3.05) is 26.0 Å². The molecule has 0 aromatic heterocycles. The van der Waals surface area contributed by atoms with Crippen LogP contribution < -0.4 is 15.8 Å². The van der Waals surface area contributed by atoms with E-state index in [4.69, 9.17) is 15.6 Å². The van der Waals surface area contributed by atoms with Gasteiger partial charge in [-0.3, -0.25) is 4.79 Å². The first-order valence-corrected chi connectivity index (χ1v) is 5.04. The molecule has 1 aromatic rings. The molecule has 88 valence electrons. The third-order valence-electron chi connectivity index (χ3n) is 2.06. The van der Waals surface area contributed by atoms with E-state index in [1.165, 1.54) is 0 Å². The number of anilines is 1. The lowest BCUT2D eigenvalue weighted by Gasteiger charge is -2.09. The summed E-state index contributed by atoms with van der Waals surface area (Å²) in [4.78, 5) is 11.3. The molecule has 0 fully saturated rings. The van der Waals surface area contributed by atoms with Gasteiger partial charge in [-0.1, -0.05) is 0 Å². The Morgan fingerprint density at radius 1 is 1.56 bits per heavy atom. The summed E-state index contributed by atoms with van der Waals surface area (Å²) in [6.07, 6.45) is 0.552. The van der Waals surface area contributed by atoms with E-state index < -0.39 is 0 Å². The summed E-state index contributed by atoms with van der Waals surface area (Å²) in [5.74, 6) is 0.342. The highest BCUT2D eigenvalue weighted by atomic mass is 16.5. The van der Waals surface area contributed by atoms with Gasteiger partial charge < -0.3 is 20.9 Å². The van der Waals surface area contributed by atoms with Crippen LogP contribution in [0.1, 0.15) is 16.8 Å². The lowest BCUT2D eigenvalue weighted by Crippen LogP contribution is -2.18. The molecule has 0 aliphatic rings. The van der Waals surface area contributed by atoms with Crippen molar-refractivity contribution < 1.29 is 14.6 Å². The van der Waals surface area contributed by atoms with Crippen LogP contribution in [0.2, 0.25) is 0 Å². The number of hydrogen-bond donors (Lipinski definition) is 3. The largest absolute Gasteiger partial charge is 0.491 e. The maximum absolute atomic E-state index is 11.3. The van der Waals surface area contributed by atoms with E-state index in [2.05, 4.69) is 5.32 Å². The zero-order chi connectivity index (χ0) is 12.0. The van der Waals surface area contributed by atoms with Crippen LogP contribution in [0.4, 0.5) is 5.69 Å². The second kappa shape index (κ2) is 5.97. The Morgan fingerprint density at radius 2 is 2.31 bits per heavy atom. The molecular weight excluding hydrogens is 208 g/mol. The lowest BCUT2D eigenvalue weighted by molar-refractivity contribution is 0.0963. The van der Waals surface area contributed by atoms with Gasteiger partial charge in [0, 0.05) is 25.6 Å². The Kier molecular flexibility index (Phi) is 4.60. The molecule has 5 heteroatoms. The molecule has 0 aliphatic heterocycles. The zero-order valence-electron chi connectivity index (χ0n) is 9.19. The number of rotatable bonds is 5. The molecule has 0 aliphatic carbocycles. The first-order valence-electron chi connectivity index (χ1n) is 5.04. The van der Waals surface area contributed by atoms with Crippen LogP contribution in [0, 0.1) is 0 Å². The lowest BCUT2D eigenvalue weighted by atomic mass is 10.2. The first kappa shape index (κ1) is 12.3. The molecule has 0 saturated heterocycles. The van der Waals surface area contributed by atoms with Gasteiger partial charge in [0.15, 0.2) is 0 Å². The summed E-state index contributed by atoms with van der Waals surface area (Å²) < 4.78 is 5.33. The molecule has 0 spiro atoms. The molecule has 4 N–H and O–H groups in total. The number of ether oxygens (including phenoxy) is 1. The topological polar surface area (TPSA) is 84.6 Å². The highest BCUT2D eigenvalue weighted by Crippen LogP contribution is 2.22. The van der Waals surface area contributed by atoms with Gasteiger partial charge >= 0.3 is 0 Å². The van der Waals surface area contributed by atoms with E-state index in [1.54, 1.807) is 25.2 Å². The van der Waals surface area contributed by atoms with Crippen LogP contribution in [0.5, 0.6) is 5.75 Å². The molecule has 0 unspecified atom stereocenters. The van der Waals surface area contributed by atoms with Crippen LogP contribution in [-0.4, -0.2) is 31.3 Å². The number of benzene rings is 1. The number of carbonyl (C=O) groups is 1. The van der Waals surface area contributed by atoms with E-state index in [-0.39, 0.29) is 12.5 Å². The SMILES string of the molecule is CNC(=O)c1ccc(OCCCO)c(N)c1. The van der Waals surface area contributed by atoms with Crippen LogP contribution >= 0.6 is 0 Å². The van der Waals surface area contributed by atoms with Crippen LogP contribution in [0.3, 0.4) is 0 Å². The zero-order valence-corrected chi connectivity index (χ0v) is 9.19. The van der Waals surface area contributed by atoms with Gasteiger partial charge in [-0.05, 0) is 18.2 Å². The maximum Gasteiger partial charge on any atom is 0.251 e. The third-order valence-corrected chi connectivity index (χ3v) is 2.06. The normalized spacial score (nSPS) is 9.88. The van der Waals surface area contributed by atoms with E-state index >= 15 is 0 Å². The van der Waals surface area contributed by atoms with E-state index in [9.17, 15) is 4.79 Å². The fourth-order valence-corrected chi connectivity index (χ4v) is 1.21. The predicted octanol–water partition coefficient (Wildman–Crippen LogP) is 0.390. The van der Waals surface area contributed by atoms with E-state index in [0.717, 1.165) is 0 Å². The monoisotopic (exact) mass is 224 g/mol. The van der Waals surface area contributed by atoms with Crippen LogP contribution in [0.25, 0.3) is 0 Å². The Labute approximate surface area is 94.2 Å². The molecule has 5 nitrogen and oxygen atoms in total. The van der Waals surface area contributed by atoms with Crippen molar-refractivity contribution in [1.82, 2.24) is 5.32 Å². The number of hydrogen-bond acceptors (Lipinski definition) is 4. The minimum absolute atomic E-state index is 0.0796. The number of aliphatic hydroxyl groups excluding tert-OH is 1. The molecule has 0 bridgehead atoms. The van der Waals surface area contributed by atoms with E-state index in [1.807, 2.05) is 0 Å². The molecule has 0 atom stereocenters. The smallest absolute Gasteiger partial charge is 0.251 e. The second-order valence-corrected chi connectivity index (χ2v) is 3.26. The summed E-state index contributed by atoms with van der Waals surface area (Å²) >= 11 is 0. The number of nitrogens with one attached hydrogen (secondary N) is 1. The standard InChI is InChI=1S/C11H16N2O3/c1-13-11(15)8-3-4-10(9(12)7-8)16-6-2-5-14/h3-4,7,14H,2,5-6,12H2,1H3,(H,13,15). The first-order chi connectivity index (χ1) is 7.69. The Bertz CT molecular complexity index is 366. The Morgan fingerprint density at radius 3 is 2.88 bits per heavy atom. The second-order valence-electron chi connectivity index (χ2n) is 3.26. The molecule has 1 rings (SSSR count). The number of nitrogens with two attached hydrogens (primary N) is 1. The van der Waals surface area contributed by atoms with Gasteiger partial charge in [-0.2, -0.15) is 0 Å². The van der Waals surface area contributed by atoms with Crippen molar-refractivity contribution in [1.29, 1.82) is 0 Å². The van der Waals surface area contributed by atoms with Crippen molar-refractivity contribution in [3.05, 3.63) is 23.8 Å². The summed E-state index contributed by atoms with van der Waals surface area (Å²) in [6, 6.07) is 4.86. The fraction of sp³-hybridized carbons (Fsp3) is 0.364. The summed E-state index contributed by atoms with van der Waals surface area (Å²) in [5.41, 5.74) is 6.64. The van der Waals surface area contributed by atoms with E-state index in [0.29, 0.717) is 30.0 Å². The minimum Gasteiger partial charge on any atom is -0.491 e. The van der Waals surface area contributed by atoms with Gasteiger partial charge in [0.1, 0.15) is 5.75 Å². The summed E-state index contributed by atoms with van der Waals surface area (Å²) in [6.45, 7) is 0.482. The molecule has 0 radical (unpaired) electrons. The highest BCUT2D eigenvalue weighted by molar-refractivity contribution is 5.95. The molecule has 1 aromatic carbocycles. The van der Waals surface area contributed by atoms with Gasteiger partial charge in [0.25, 0.3) is 5.91 Å². The predicted molar refractivity (Wildman–Crippen MR) is 61.4 cm³/mol. The molecular formula is C11H16N2O3. The third kappa shape index (κ3) is 3.13. The van der Waals surface area contributed by atoms with Crippen molar-refractivity contribution >= 4 is 11.6 Å². The van der Waals surface area contributed by atoms with Crippen molar-refractivity contribution in [3.8, 4) is 5.75 Å². The summed E-state index contributed by atoms with van der Waals surface area (Å²) in [7, 11) is 1.56. The molecule has 0 heterocycles. The maximum atomic E-state index is 11.3. The number of carbonyl (C=O) groups excluding carboxylic acids is 1. The highest BCUT2D eigenvalue weighted by Gasteiger charge is 2.06. The van der Waals surface area contributed by atoms with Crippen LogP contribution in [-0.2, 0) is 0 Å². The minimum atomic E-state index is -0.186. The fourth-order valence-electron chi connectivity index (χ4n) is 1.21. The van der Waals surface area contributed by atoms with Crippen LogP contribution in [0.15, 0.2) is 18.2 Å². The van der Waals surface area contributed by atoms with Crippen molar-refractivity contribution in [2.24, 2.45) is 0 Å². The average molecular weight is 224 g/mol. The average Bonchev–Trinajstić information content (AvgIpc) is 2.30. The quantitative estimate of drug-likeness (QED) is 0.499. The van der Waals surface area contributed by atoms with Gasteiger partial charge in [0.2, 0.25) is 0 Å². The van der Waals surface area contributed by atoms with Crippen molar-refractivity contribution in [2.45, 2.75) is 6.42 Å².